The summed E-state index contributed by atoms with van der Waals surface area (Å²) in [6, 6.07) is 11.9. The van der Waals surface area contributed by atoms with Crippen molar-refractivity contribution in [2.24, 2.45) is 7.05 Å². The Bertz CT molecular complexity index is 905. The Kier molecular flexibility index (Phi) is 4.79. The Morgan fingerprint density at radius 1 is 1.28 bits per heavy atom. The number of methoxy groups -OCH3 is 1. The van der Waals surface area contributed by atoms with Crippen molar-refractivity contribution in [2.45, 2.75) is 6.42 Å². The molecule has 0 saturated carbocycles. The summed E-state index contributed by atoms with van der Waals surface area (Å²) in [5, 5.41) is 2.83. The molecule has 0 atom stereocenters. The Morgan fingerprint density at radius 2 is 2.12 bits per heavy atom. The second-order valence-corrected chi connectivity index (χ2v) is 5.64. The van der Waals surface area contributed by atoms with Crippen LogP contribution in [0.3, 0.4) is 0 Å². The van der Waals surface area contributed by atoms with Gasteiger partial charge in [0.1, 0.15) is 5.82 Å². The molecule has 128 valence electrons. The Balaban J connectivity index is 1.71. The first-order valence-electron chi connectivity index (χ1n) is 7.77. The van der Waals surface area contributed by atoms with Crippen LogP contribution in [0.25, 0.3) is 11.4 Å². The zero-order valence-corrected chi connectivity index (χ0v) is 14.0. The summed E-state index contributed by atoms with van der Waals surface area (Å²) in [6.45, 7) is 0. The summed E-state index contributed by atoms with van der Waals surface area (Å²) < 4.78 is 20.5. The van der Waals surface area contributed by atoms with Crippen molar-refractivity contribution in [3.05, 3.63) is 66.2 Å². The lowest BCUT2D eigenvalue weighted by Gasteiger charge is -2.09. The number of anilines is 1. The minimum Gasteiger partial charge on any atom is -0.494 e. The van der Waals surface area contributed by atoms with Crippen LogP contribution in [0, 0.1) is 5.82 Å². The number of benzene rings is 2. The maximum Gasteiger partial charge on any atom is 0.228 e. The number of nitrogens with zero attached hydrogens (tertiary/aromatic N) is 2. The van der Waals surface area contributed by atoms with Crippen LogP contribution in [0.15, 0.2) is 54.9 Å². The SMILES string of the molecule is COc1ccc(CC(=O)Nc2cccc(-c3nccn3C)c2)cc1F. The van der Waals surface area contributed by atoms with Crippen molar-refractivity contribution < 1.29 is 13.9 Å². The maximum atomic E-state index is 13.7. The number of halogens is 1. The lowest BCUT2D eigenvalue weighted by Crippen LogP contribution is -2.14. The number of imidazole rings is 1. The minimum atomic E-state index is -0.482. The highest BCUT2D eigenvalue weighted by Gasteiger charge is 2.09. The first-order valence-corrected chi connectivity index (χ1v) is 7.77. The smallest absolute Gasteiger partial charge is 0.228 e. The highest BCUT2D eigenvalue weighted by atomic mass is 19.1. The van der Waals surface area contributed by atoms with Gasteiger partial charge in [-0.1, -0.05) is 18.2 Å². The number of hydrogen-bond acceptors (Lipinski definition) is 3. The van der Waals surface area contributed by atoms with Crippen LogP contribution >= 0.6 is 0 Å². The molecule has 5 nitrogen and oxygen atoms in total. The number of hydrogen-bond donors (Lipinski definition) is 1. The van der Waals surface area contributed by atoms with E-state index in [2.05, 4.69) is 10.3 Å². The molecule has 0 radical (unpaired) electrons. The van der Waals surface area contributed by atoms with Gasteiger partial charge >= 0.3 is 0 Å². The predicted octanol–water partition coefficient (Wildman–Crippen LogP) is 3.42. The van der Waals surface area contributed by atoms with E-state index in [1.54, 1.807) is 18.3 Å². The van der Waals surface area contributed by atoms with Gasteiger partial charge in [-0.15, -0.1) is 0 Å². The molecule has 3 rings (SSSR count). The molecule has 2 aromatic carbocycles. The summed E-state index contributed by atoms with van der Waals surface area (Å²) >= 11 is 0. The third-order valence-electron chi connectivity index (χ3n) is 3.81. The summed E-state index contributed by atoms with van der Waals surface area (Å²) in [6.07, 6.45) is 3.66. The van der Waals surface area contributed by atoms with Crippen molar-refractivity contribution in [1.82, 2.24) is 9.55 Å². The van der Waals surface area contributed by atoms with Gasteiger partial charge in [-0.2, -0.15) is 0 Å². The highest BCUT2D eigenvalue weighted by Crippen LogP contribution is 2.21. The van der Waals surface area contributed by atoms with E-state index in [4.69, 9.17) is 4.74 Å². The molecule has 0 aliphatic heterocycles. The maximum absolute atomic E-state index is 13.7. The van der Waals surface area contributed by atoms with Crippen LogP contribution in [0.5, 0.6) is 5.75 Å². The molecular weight excluding hydrogens is 321 g/mol. The molecule has 0 aliphatic rings. The summed E-state index contributed by atoms with van der Waals surface area (Å²) in [5.74, 6) is 0.270. The quantitative estimate of drug-likeness (QED) is 0.775. The molecule has 25 heavy (non-hydrogen) atoms. The van der Waals surface area contributed by atoms with E-state index in [-0.39, 0.29) is 18.1 Å². The number of carbonyl (C=O) groups is 1. The predicted molar refractivity (Wildman–Crippen MR) is 93.9 cm³/mol. The standard InChI is InChI=1S/C19H18FN3O2/c1-23-9-8-21-19(23)14-4-3-5-15(12-14)22-18(24)11-13-6-7-17(25-2)16(20)10-13/h3-10,12H,11H2,1-2H3,(H,22,24). The zero-order chi connectivity index (χ0) is 17.8. The van der Waals surface area contributed by atoms with E-state index in [0.29, 0.717) is 11.3 Å². The molecule has 0 bridgehead atoms. The van der Waals surface area contributed by atoms with Crippen molar-refractivity contribution in [2.75, 3.05) is 12.4 Å². The van der Waals surface area contributed by atoms with Gasteiger partial charge in [-0.25, -0.2) is 9.37 Å². The van der Waals surface area contributed by atoms with Crippen molar-refractivity contribution in [1.29, 1.82) is 0 Å². The van der Waals surface area contributed by atoms with Crippen LogP contribution in [0.2, 0.25) is 0 Å². The fourth-order valence-corrected chi connectivity index (χ4v) is 2.59. The monoisotopic (exact) mass is 339 g/mol. The summed E-state index contributed by atoms with van der Waals surface area (Å²) in [5.41, 5.74) is 2.15. The van der Waals surface area contributed by atoms with E-state index in [0.717, 1.165) is 11.4 Å². The molecule has 0 spiro atoms. The molecule has 0 aliphatic carbocycles. The average molecular weight is 339 g/mol. The topological polar surface area (TPSA) is 56.1 Å². The van der Waals surface area contributed by atoms with Crippen molar-refractivity contribution in [3.63, 3.8) is 0 Å². The molecule has 0 unspecified atom stereocenters. The first-order chi connectivity index (χ1) is 12.1. The Labute approximate surface area is 145 Å². The van der Waals surface area contributed by atoms with Gasteiger partial charge < -0.3 is 14.6 Å². The molecular formula is C19H18FN3O2. The van der Waals surface area contributed by atoms with Crippen LogP contribution in [0.1, 0.15) is 5.56 Å². The van der Waals surface area contributed by atoms with Gasteiger partial charge in [-0.3, -0.25) is 4.79 Å². The van der Waals surface area contributed by atoms with Gasteiger partial charge in [0.2, 0.25) is 5.91 Å². The molecule has 0 fully saturated rings. The number of aryl methyl sites for hydroxylation is 1. The second kappa shape index (κ2) is 7.17. The van der Waals surface area contributed by atoms with Gasteiger partial charge in [0.25, 0.3) is 0 Å². The van der Waals surface area contributed by atoms with Gasteiger partial charge in [0.05, 0.1) is 13.5 Å². The Morgan fingerprint density at radius 3 is 2.80 bits per heavy atom. The molecule has 3 aromatic rings. The third kappa shape index (κ3) is 3.85. The molecule has 1 aromatic heterocycles. The molecule has 6 heteroatoms. The van der Waals surface area contributed by atoms with Gasteiger partial charge in [-0.05, 0) is 29.8 Å². The molecule has 1 heterocycles. The average Bonchev–Trinajstić information content (AvgIpc) is 3.01. The largest absolute Gasteiger partial charge is 0.494 e. The van der Waals surface area contributed by atoms with Crippen LogP contribution < -0.4 is 10.1 Å². The Hall–Kier alpha value is -3.15. The van der Waals surface area contributed by atoms with E-state index in [1.165, 1.54) is 19.2 Å². The summed E-state index contributed by atoms with van der Waals surface area (Å²) in [4.78, 5) is 16.5. The van der Waals surface area contributed by atoms with Gasteiger partial charge in [0, 0.05) is 30.7 Å². The summed E-state index contributed by atoms with van der Waals surface area (Å²) in [7, 11) is 3.31. The number of ether oxygens (including phenoxy) is 1. The van der Waals surface area contributed by atoms with E-state index in [1.807, 2.05) is 36.0 Å². The second-order valence-electron chi connectivity index (χ2n) is 5.64. The number of rotatable bonds is 5. The molecule has 1 N–H and O–H groups in total. The number of carbonyl (C=O) groups excluding carboxylic acids is 1. The molecule has 1 amide bonds. The van der Waals surface area contributed by atoms with Gasteiger partial charge in [0.15, 0.2) is 11.6 Å². The third-order valence-corrected chi connectivity index (χ3v) is 3.81. The van der Waals surface area contributed by atoms with Crippen molar-refractivity contribution >= 4 is 11.6 Å². The van der Waals surface area contributed by atoms with E-state index >= 15 is 0 Å². The number of nitrogens with one attached hydrogen (secondary N) is 1. The first kappa shape index (κ1) is 16.7. The van der Waals surface area contributed by atoms with E-state index < -0.39 is 5.82 Å². The highest BCUT2D eigenvalue weighted by molar-refractivity contribution is 5.92. The van der Waals surface area contributed by atoms with Crippen LogP contribution in [-0.2, 0) is 18.3 Å². The number of aromatic nitrogens is 2. The van der Waals surface area contributed by atoms with Crippen LogP contribution in [0.4, 0.5) is 10.1 Å². The lowest BCUT2D eigenvalue weighted by molar-refractivity contribution is -0.115. The van der Waals surface area contributed by atoms with Crippen LogP contribution in [-0.4, -0.2) is 22.6 Å². The molecule has 0 saturated heterocycles. The minimum absolute atomic E-state index is 0.0769. The lowest BCUT2D eigenvalue weighted by atomic mass is 10.1. The van der Waals surface area contributed by atoms with Crippen molar-refractivity contribution in [3.8, 4) is 17.1 Å². The van der Waals surface area contributed by atoms with E-state index in [9.17, 15) is 9.18 Å². The normalized spacial score (nSPS) is 10.5. The number of amides is 1. The fraction of sp³-hybridized carbons (Fsp3) is 0.158. The zero-order valence-electron chi connectivity index (χ0n) is 14.0. The fourth-order valence-electron chi connectivity index (χ4n) is 2.59.